The molecule has 0 aromatic heterocycles. The molecule has 3 N–H and O–H groups in total. The van der Waals surface area contributed by atoms with Crippen molar-refractivity contribution >= 4 is 11.8 Å². The Hall–Kier alpha value is -1.10. The van der Waals surface area contributed by atoms with Crippen LogP contribution in [0.4, 0.5) is 0 Å². The van der Waals surface area contributed by atoms with Gasteiger partial charge in [0.25, 0.3) is 0 Å². The van der Waals surface area contributed by atoms with Crippen LogP contribution in [-0.2, 0) is 9.59 Å². The lowest BCUT2D eigenvalue weighted by molar-refractivity contribution is -0.123. The first-order chi connectivity index (χ1) is 7.61. The first kappa shape index (κ1) is 14.9. The predicted octanol–water partition coefficient (Wildman–Crippen LogP) is 0.0169. The Morgan fingerprint density at radius 1 is 1.12 bits per heavy atom. The van der Waals surface area contributed by atoms with Gasteiger partial charge in [-0.1, -0.05) is 6.92 Å². The maximum atomic E-state index is 11.4. The van der Waals surface area contributed by atoms with E-state index in [-0.39, 0.29) is 17.9 Å². The van der Waals surface area contributed by atoms with Gasteiger partial charge in [0.05, 0.1) is 6.04 Å². The minimum Gasteiger partial charge on any atom is -0.356 e. The fourth-order valence-electron chi connectivity index (χ4n) is 1.18. The summed E-state index contributed by atoms with van der Waals surface area (Å²) in [4.78, 5) is 22.5. The minimum absolute atomic E-state index is 0.0103. The summed E-state index contributed by atoms with van der Waals surface area (Å²) in [7, 11) is 0. The normalized spacial score (nSPS) is 11.9. The van der Waals surface area contributed by atoms with E-state index in [1.807, 2.05) is 13.8 Å². The lowest BCUT2D eigenvalue weighted by Crippen LogP contribution is -2.43. The monoisotopic (exact) mass is 229 g/mol. The molecule has 94 valence electrons. The van der Waals surface area contributed by atoms with E-state index in [2.05, 4.69) is 16.0 Å². The molecule has 2 amide bonds. The molecule has 5 nitrogen and oxygen atoms in total. The second kappa shape index (κ2) is 9.15. The molecule has 1 atom stereocenters. The smallest absolute Gasteiger partial charge is 0.236 e. The quantitative estimate of drug-likeness (QED) is 0.549. The highest BCUT2D eigenvalue weighted by Gasteiger charge is 2.11. The number of carbonyl (C=O) groups is 2. The highest BCUT2D eigenvalue weighted by molar-refractivity contribution is 5.81. The summed E-state index contributed by atoms with van der Waals surface area (Å²) in [5.41, 5.74) is 0. The van der Waals surface area contributed by atoms with Gasteiger partial charge in [-0.05, 0) is 20.3 Å². The lowest BCUT2D eigenvalue weighted by atomic mass is 10.3. The fourth-order valence-corrected chi connectivity index (χ4v) is 1.18. The molecule has 0 rings (SSSR count). The summed E-state index contributed by atoms with van der Waals surface area (Å²) in [5.74, 6) is -0.00563. The van der Waals surface area contributed by atoms with Crippen LogP contribution in [0.15, 0.2) is 0 Å². The summed E-state index contributed by atoms with van der Waals surface area (Å²) in [5, 5.41) is 8.50. The standard InChI is InChI=1S/C11H23N3O2/c1-4-7-14-11(16)9(3)13-8-6-10(15)12-5-2/h9,13H,4-8H2,1-3H3,(H,12,15)(H,14,16). The van der Waals surface area contributed by atoms with Crippen LogP contribution in [0.3, 0.4) is 0 Å². The van der Waals surface area contributed by atoms with Gasteiger partial charge in [-0.3, -0.25) is 9.59 Å². The fraction of sp³-hybridized carbons (Fsp3) is 0.818. The molecule has 0 radical (unpaired) electrons. The first-order valence-electron chi connectivity index (χ1n) is 5.89. The summed E-state index contributed by atoms with van der Waals surface area (Å²) in [6.45, 7) is 7.54. The molecule has 1 unspecified atom stereocenters. The molecule has 16 heavy (non-hydrogen) atoms. The SMILES string of the molecule is CCCNC(=O)C(C)NCCC(=O)NCC. The minimum atomic E-state index is -0.249. The van der Waals surface area contributed by atoms with Gasteiger partial charge >= 0.3 is 0 Å². The van der Waals surface area contributed by atoms with Crippen LogP contribution in [0.1, 0.15) is 33.6 Å². The van der Waals surface area contributed by atoms with Crippen molar-refractivity contribution in [2.75, 3.05) is 19.6 Å². The molecular formula is C11H23N3O2. The Balaban J connectivity index is 3.60. The van der Waals surface area contributed by atoms with Crippen LogP contribution in [0.5, 0.6) is 0 Å². The van der Waals surface area contributed by atoms with Gasteiger partial charge in [-0.2, -0.15) is 0 Å². The first-order valence-corrected chi connectivity index (χ1v) is 5.89. The summed E-state index contributed by atoms with van der Waals surface area (Å²) in [6, 6.07) is -0.249. The van der Waals surface area contributed by atoms with Crippen molar-refractivity contribution in [3.8, 4) is 0 Å². The van der Waals surface area contributed by atoms with E-state index in [1.165, 1.54) is 0 Å². The van der Waals surface area contributed by atoms with Crippen molar-refractivity contribution in [3.63, 3.8) is 0 Å². The van der Waals surface area contributed by atoms with Gasteiger partial charge in [0.1, 0.15) is 0 Å². The van der Waals surface area contributed by atoms with Gasteiger partial charge in [-0.15, -0.1) is 0 Å². The van der Waals surface area contributed by atoms with Crippen LogP contribution >= 0.6 is 0 Å². The number of hydrogen-bond acceptors (Lipinski definition) is 3. The maximum absolute atomic E-state index is 11.4. The van der Waals surface area contributed by atoms with Gasteiger partial charge in [0, 0.05) is 26.1 Å². The Bertz CT molecular complexity index is 219. The average molecular weight is 229 g/mol. The number of carbonyl (C=O) groups excluding carboxylic acids is 2. The van der Waals surface area contributed by atoms with Gasteiger partial charge < -0.3 is 16.0 Å². The highest BCUT2D eigenvalue weighted by atomic mass is 16.2. The summed E-state index contributed by atoms with van der Waals surface area (Å²) < 4.78 is 0. The molecule has 5 heteroatoms. The zero-order valence-corrected chi connectivity index (χ0v) is 10.4. The number of rotatable bonds is 8. The number of nitrogens with one attached hydrogen (secondary N) is 3. The van der Waals surface area contributed by atoms with Crippen LogP contribution in [0.25, 0.3) is 0 Å². The highest BCUT2D eigenvalue weighted by Crippen LogP contribution is 1.85. The van der Waals surface area contributed by atoms with E-state index < -0.39 is 0 Å². The lowest BCUT2D eigenvalue weighted by Gasteiger charge is -2.13. The molecule has 0 saturated heterocycles. The molecule has 0 bridgehead atoms. The van der Waals surface area contributed by atoms with E-state index in [9.17, 15) is 9.59 Å². The molecule has 0 spiro atoms. The summed E-state index contributed by atoms with van der Waals surface area (Å²) in [6.07, 6.45) is 1.33. The third-order valence-electron chi connectivity index (χ3n) is 2.12. The topological polar surface area (TPSA) is 70.2 Å². The second-order valence-electron chi connectivity index (χ2n) is 3.67. The van der Waals surface area contributed by atoms with Crippen molar-refractivity contribution in [1.82, 2.24) is 16.0 Å². The largest absolute Gasteiger partial charge is 0.356 e. The summed E-state index contributed by atoms with van der Waals surface area (Å²) >= 11 is 0. The van der Waals surface area contributed by atoms with E-state index in [0.717, 1.165) is 6.42 Å². The maximum Gasteiger partial charge on any atom is 0.236 e. The molecule has 0 aliphatic heterocycles. The predicted molar refractivity (Wildman–Crippen MR) is 64.1 cm³/mol. The Labute approximate surface area is 97.4 Å². The second-order valence-corrected chi connectivity index (χ2v) is 3.67. The van der Waals surface area contributed by atoms with E-state index in [1.54, 1.807) is 6.92 Å². The van der Waals surface area contributed by atoms with Gasteiger partial charge in [-0.25, -0.2) is 0 Å². The Kier molecular flexibility index (Phi) is 8.52. The molecule has 0 saturated carbocycles. The van der Waals surface area contributed by atoms with Gasteiger partial charge in [0.2, 0.25) is 11.8 Å². The zero-order chi connectivity index (χ0) is 12.4. The van der Waals surface area contributed by atoms with Crippen molar-refractivity contribution in [3.05, 3.63) is 0 Å². The number of amides is 2. The molecule has 0 aromatic rings. The zero-order valence-electron chi connectivity index (χ0n) is 10.4. The van der Waals surface area contributed by atoms with Crippen molar-refractivity contribution in [1.29, 1.82) is 0 Å². The van der Waals surface area contributed by atoms with E-state index in [0.29, 0.717) is 26.1 Å². The Morgan fingerprint density at radius 2 is 1.81 bits per heavy atom. The van der Waals surface area contributed by atoms with Crippen molar-refractivity contribution in [2.24, 2.45) is 0 Å². The molecule has 0 fully saturated rings. The Morgan fingerprint density at radius 3 is 2.38 bits per heavy atom. The van der Waals surface area contributed by atoms with Crippen LogP contribution in [0, 0.1) is 0 Å². The molecule has 0 aliphatic carbocycles. The van der Waals surface area contributed by atoms with Crippen molar-refractivity contribution < 1.29 is 9.59 Å². The number of hydrogen-bond donors (Lipinski definition) is 3. The van der Waals surface area contributed by atoms with E-state index >= 15 is 0 Å². The molecule has 0 aliphatic rings. The van der Waals surface area contributed by atoms with Crippen LogP contribution in [-0.4, -0.2) is 37.5 Å². The third kappa shape index (κ3) is 7.23. The molecule has 0 heterocycles. The van der Waals surface area contributed by atoms with Gasteiger partial charge in [0.15, 0.2) is 0 Å². The molecule has 0 aromatic carbocycles. The van der Waals surface area contributed by atoms with Crippen LogP contribution in [0.2, 0.25) is 0 Å². The average Bonchev–Trinajstić information content (AvgIpc) is 2.26. The molecular weight excluding hydrogens is 206 g/mol. The van der Waals surface area contributed by atoms with Crippen molar-refractivity contribution in [2.45, 2.75) is 39.7 Å². The van der Waals surface area contributed by atoms with Crippen LogP contribution < -0.4 is 16.0 Å². The van der Waals surface area contributed by atoms with E-state index in [4.69, 9.17) is 0 Å². The third-order valence-corrected chi connectivity index (χ3v) is 2.12.